The maximum atomic E-state index is 13.1. The van der Waals surface area contributed by atoms with Gasteiger partial charge in [-0.05, 0) is 43.4 Å². The van der Waals surface area contributed by atoms with Crippen LogP contribution >= 0.6 is 0 Å². The van der Waals surface area contributed by atoms with Crippen LogP contribution in [0.2, 0.25) is 0 Å². The third kappa shape index (κ3) is 3.42. The molecule has 0 aromatic heterocycles. The van der Waals surface area contributed by atoms with Crippen LogP contribution in [0.4, 0.5) is 0 Å². The summed E-state index contributed by atoms with van der Waals surface area (Å²) >= 11 is 0. The number of aliphatic hydroxyl groups is 1. The number of rotatable bonds is 5. The molecule has 1 saturated carbocycles. The highest BCUT2D eigenvalue weighted by molar-refractivity contribution is 6.25. The van der Waals surface area contributed by atoms with Gasteiger partial charge in [0.2, 0.25) is 0 Å². The summed E-state index contributed by atoms with van der Waals surface area (Å²) < 4.78 is 5.48. The molecule has 0 radical (unpaired) electrons. The number of ether oxygens (including phenoxy) is 1. The van der Waals surface area contributed by atoms with Crippen molar-refractivity contribution in [2.75, 3.05) is 7.11 Å². The van der Waals surface area contributed by atoms with E-state index in [1.165, 1.54) is 0 Å². The Balaban J connectivity index is 2.51. The molecule has 0 aliphatic heterocycles. The summed E-state index contributed by atoms with van der Waals surface area (Å²) in [6.45, 7) is 4.01. The van der Waals surface area contributed by atoms with Gasteiger partial charge in [0.25, 0.3) is 0 Å². The summed E-state index contributed by atoms with van der Waals surface area (Å²) in [6.07, 6.45) is 5.99. The molecule has 0 atom stereocenters. The lowest BCUT2D eigenvalue weighted by atomic mass is 9.75. The van der Waals surface area contributed by atoms with Gasteiger partial charge >= 0.3 is 0 Å². The molecule has 0 heterocycles. The number of aryl methyl sites for hydroxylation is 2. The van der Waals surface area contributed by atoms with Crippen LogP contribution in [-0.4, -0.2) is 23.5 Å². The molecule has 3 N–H and O–H groups in total. The van der Waals surface area contributed by atoms with Gasteiger partial charge in [-0.15, -0.1) is 0 Å². The molecule has 4 heteroatoms. The second-order valence-electron chi connectivity index (χ2n) is 6.44. The molecule has 1 fully saturated rings. The number of hydrogen-bond donors (Lipinski definition) is 2. The van der Waals surface area contributed by atoms with Gasteiger partial charge in [0.1, 0.15) is 5.75 Å². The van der Waals surface area contributed by atoms with Crippen molar-refractivity contribution in [3.05, 3.63) is 35.1 Å². The molecule has 23 heavy (non-hydrogen) atoms. The lowest BCUT2D eigenvalue weighted by Crippen LogP contribution is -2.49. The average Bonchev–Trinajstić information content (AvgIpc) is 2.56. The van der Waals surface area contributed by atoms with E-state index in [1.54, 1.807) is 7.11 Å². The Morgan fingerprint density at radius 1 is 1.35 bits per heavy atom. The largest absolute Gasteiger partial charge is 0.515 e. The van der Waals surface area contributed by atoms with E-state index in [1.807, 2.05) is 26.0 Å². The Kier molecular flexibility index (Phi) is 5.47. The molecule has 1 aliphatic carbocycles. The molecular formula is C19H27NO3. The zero-order chi connectivity index (χ0) is 17.0. The van der Waals surface area contributed by atoms with Crippen molar-refractivity contribution >= 4 is 11.4 Å². The Morgan fingerprint density at radius 2 is 2.00 bits per heavy atom. The van der Waals surface area contributed by atoms with E-state index in [0.717, 1.165) is 43.1 Å². The molecule has 1 aromatic rings. The van der Waals surface area contributed by atoms with Crippen LogP contribution in [0, 0.1) is 6.92 Å². The first-order chi connectivity index (χ1) is 11.0. The SMILES string of the molecule is CCc1cc(C)cc(OC)c1C(=CO)C(=O)C1(N)CCCCC1. The smallest absolute Gasteiger partial charge is 0.186 e. The highest BCUT2D eigenvalue weighted by atomic mass is 16.5. The van der Waals surface area contributed by atoms with Crippen LogP contribution in [0.3, 0.4) is 0 Å². The molecule has 2 rings (SSSR count). The van der Waals surface area contributed by atoms with Crippen molar-refractivity contribution in [1.82, 2.24) is 0 Å². The van der Waals surface area contributed by atoms with Crippen molar-refractivity contribution in [1.29, 1.82) is 0 Å². The summed E-state index contributed by atoms with van der Waals surface area (Å²) in [4.78, 5) is 13.1. The minimum Gasteiger partial charge on any atom is -0.515 e. The van der Waals surface area contributed by atoms with Gasteiger partial charge < -0.3 is 15.6 Å². The maximum absolute atomic E-state index is 13.1. The van der Waals surface area contributed by atoms with Crippen LogP contribution in [-0.2, 0) is 11.2 Å². The van der Waals surface area contributed by atoms with Gasteiger partial charge in [-0.2, -0.15) is 0 Å². The molecule has 0 spiro atoms. The number of methoxy groups -OCH3 is 1. The van der Waals surface area contributed by atoms with E-state index in [2.05, 4.69) is 0 Å². The topological polar surface area (TPSA) is 72.5 Å². The predicted molar refractivity (Wildman–Crippen MR) is 92.7 cm³/mol. The first-order valence-electron chi connectivity index (χ1n) is 8.32. The summed E-state index contributed by atoms with van der Waals surface area (Å²) in [7, 11) is 1.58. The van der Waals surface area contributed by atoms with Gasteiger partial charge in [-0.1, -0.05) is 32.3 Å². The molecule has 4 nitrogen and oxygen atoms in total. The fourth-order valence-electron chi connectivity index (χ4n) is 3.49. The normalized spacial score (nSPS) is 17.8. The monoisotopic (exact) mass is 317 g/mol. The van der Waals surface area contributed by atoms with Crippen molar-refractivity contribution in [2.45, 2.75) is 57.9 Å². The summed E-state index contributed by atoms with van der Waals surface area (Å²) in [5, 5.41) is 9.81. The van der Waals surface area contributed by atoms with Crippen molar-refractivity contribution in [2.24, 2.45) is 5.73 Å². The van der Waals surface area contributed by atoms with E-state index in [0.29, 0.717) is 24.2 Å². The van der Waals surface area contributed by atoms with E-state index in [9.17, 15) is 9.90 Å². The Labute approximate surface area is 138 Å². The number of ketones is 1. The third-order valence-corrected chi connectivity index (χ3v) is 4.77. The van der Waals surface area contributed by atoms with Gasteiger partial charge in [0.05, 0.1) is 24.5 Å². The highest BCUT2D eigenvalue weighted by Gasteiger charge is 2.38. The van der Waals surface area contributed by atoms with Gasteiger partial charge in [-0.3, -0.25) is 4.79 Å². The van der Waals surface area contributed by atoms with Gasteiger partial charge in [0, 0.05) is 5.56 Å². The Morgan fingerprint density at radius 3 is 2.52 bits per heavy atom. The molecular weight excluding hydrogens is 290 g/mol. The zero-order valence-corrected chi connectivity index (χ0v) is 14.3. The second-order valence-corrected chi connectivity index (χ2v) is 6.44. The minimum absolute atomic E-state index is 0.184. The van der Waals surface area contributed by atoms with Gasteiger partial charge in [0.15, 0.2) is 5.78 Å². The zero-order valence-electron chi connectivity index (χ0n) is 14.3. The van der Waals surface area contributed by atoms with E-state index >= 15 is 0 Å². The van der Waals surface area contributed by atoms with E-state index in [4.69, 9.17) is 10.5 Å². The Bertz CT molecular complexity index is 588. The molecule has 1 aliphatic rings. The number of hydrogen-bond acceptors (Lipinski definition) is 4. The number of Topliss-reactive ketones (excluding diaryl/α,β-unsaturated/α-hetero) is 1. The predicted octanol–water partition coefficient (Wildman–Crippen LogP) is 3.70. The van der Waals surface area contributed by atoms with Crippen molar-refractivity contribution in [3.63, 3.8) is 0 Å². The molecule has 126 valence electrons. The first kappa shape index (κ1) is 17.5. The number of benzene rings is 1. The number of carbonyl (C=O) groups excluding carboxylic acids is 1. The fraction of sp³-hybridized carbons (Fsp3) is 0.526. The third-order valence-electron chi connectivity index (χ3n) is 4.77. The first-order valence-corrected chi connectivity index (χ1v) is 8.32. The minimum atomic E-state index is -0.881. The lowest BCUT2D eigenvalue weighted by Gasteiger charge is -2.33. The summed E-state index contributed by atoms with van der Waals surface area (Å²) in [6, 6.07) is 3.91. The maximum Gasteiger partial charge on any atom is 0.186 e. The van der Waals surface area contributed by atoms with Gasteiger partial charge in [-0.25, -0.2) is 0 Å². The molecule has 1 aromatic carbocycles. The van der Waals surface area contributed by atoms with Crippen molar-refractivity contribution < 1.29 is 14.6 Å². The van der Waals surface area contributed by atoms with Crippen LogP contribution in [0.5, 0.6) is 5.75 Å². The number of nitrogens with two attached hydrogens (primary N) is 1. The van der Waals surface area contributed by atoms with Crippen LogP contribution in [0.1, 0.15) is 55.7 Å². The summed E-state index contributed by atoms with van der Waals surface area (Å²) in [5.74, 6) is 0.423. The Hall–Kier alpha value is -1.81. The number of aliphatic hydroxyl groups excluding tert-OH is 1. The average molecular weight is 317 g/mol. The summed E-state index contributed by atoms with van der Waals surface area (Å²) in [5.41, 5.74) is 8.49. The van der Waals surface area contributed by atoms with Crippen LogP contribution in [0.25, 0.3) is 5.57 Å². The standard InChI is InChI=1S/C19H27NO3/c1-4-14-10-13(2)11-16(23-3)17(14)15(12-21)18(22)19(20)8-6-5-7-9-19/h10-12,21H,4-9,20H2,1-3H3. The van der Waals surface area contributed by atoms with Crippen LogP contribution < -0.4 is 10.5 Å². The highest BCUT2D eigenvalue weighted by Crippen LogP contribution is 2.37. The molecule has 0 bridgehead atoms. The molecule has 0 unspecified atom stereocenters. The lowest BCUT2D eigenvalue weighted by molar-refractivity contribution is -0.119. The quantitative estimate of drug-likeness (QED) is 0.641. The molecule has 0 saturated heterocycles. The van der Waals surface area contributed by atoms with Crippen LogP contribution in [0.15, 0.2) is 18.4 Å². The van der Waals surface area contributed by atoms with E-state index in [-0.39, 0.29) is 11.4 Å². The van der Waals surface area contributed by atoms with Crippen molar-refractivity contribution in [3.8, 4) is 5.75 Å². The van der Waals surface area contributed by atoms with E-state index < -0.39 is 5.54 Å². The second kappa shape index (κ2) is 7.18. The fourth-order valence-corrected chi connectivity index (χ4v) is 3.49. The molecule has 0 amide bonds. The number of carbonyl (C=O) groups is 1.